The molecule has 100 valence electrons. The van der Waals surface area contributed by atoms with Crippen molar-refractivity contribution >= 4 is 0 Å². The Morgan fingerprint density at radius 2 is 2.06 bits per heavy atom. The van der Waals surface area contributed by atoms with Crippen LogP contribution in [-0.2, 0) is 11.3 Å². The van der Waals surface area contributed by atoms with Crippen LogP contribution in [0.25, 0.3) is 0 Å². The van der Waals surface area contributed by atoms with Gasteiger partial charge < -0.3 is 19.5 Å². The van der Waals surface area contributed by atoms with Crippen molar-refractivity contribution in [3.8, 4) is 11.5 Å². The van der Waals surface area contributed by atoms with Crippen LogP contribution in [0.3, 0.4) is 0 Å². The third-order valence-electron chi connectivity index (χ3n) is 3.26. The topological polar surface area (TPSA) is 39.7 Å². The average molecular weight is 251 g/mol. The van der Waals surface area contributed by atoms with Crippen LogP contribution in [0.4, 0.5) is 0 Å². The lowest BCUT2D eigenvalue weighted by Crippen LogP contribution is -2.47. The van der Waals surface area contributed by atoms with Gasteiger partial charge in [-0.1, -0.05) is 13.0 Å². The Kier molecular flexibility index (Phi) is 4.09. The summed E-state index contributed by atoms with van der Waals surface area (Å²) in [5.74, 6) is 1.67. The summed E-state index contributed by atoms with van der Waals surface area (Å²) in [5, 5.41) is 3.46. The Hall–Kier alpha value is -1.26. The van der Waals surface area contributed by atoms with Crippen LogP contribution in [0, 0.1) is 5.41 Å². The molecular weight excluding hydrogens is 230 g/mol. The Morgan fingerprint density at radius 1 is 1.28 bits per heavy atom. The molecule has 1 aromatic carbocycles. The molecule has 0 aromatic heterocycles. The van der Waals surface area contributed by atoms with Gasteiger partial charge in [-0.3, -0.25) is 0 Å². The summed E-state index contributed by atoms with van der Waals surface area (Å²) in [6.45, 7) is 5.68. The number of ether oxygens (including phenoxy) is 3. The fourth-order valence-corrected chi connectivity index (χ4v) is 2.05. The first kappa shape index (κ1) is 13.2. The minimum absolute atomic E-state index is 0.291. The predicted octanol–water partition coefficient (Wildman–Crippen LogP) is 1.83. The van der Waals surface area contributed by atoms with Crippen molar-refractivity contribution in [1.82, 2.24) is 5.32 Å². The third-order valence-corrected chi connectivity index (χ3v) is 3.26. The number of benzene rings is 1. The quantitative estimate of drug-likeness (QED) is 0.837. The Morgan fingerprint density at radius 3 is 2.61 bits per heavy atom. The van der Waals surface area contributed by atoms with Gasteiger partial charge in [-0.15, -0.1) is 0 Å². The third kappa shape index (κ3) is 2.94. The second kappa shape index (κ2) is 5.59. The summed E-state index contributed by atoms with van der Waals surface area (Å²) in [6, 6.07) is 5.89. The molecule has 1 heterocycles. The molecule has 0 bridgehead atoms. The second-order valence-electron chi connectivity index (χ2n) is 5.08. The molecule has 0 aliphatic carbocycles. The van der Waals surface area contributed by atoms with Crippen LogP contribution in [0.2, 0.25) is 0 Å². The minimum atomic E-state index is 0.291. The summed E-state index contributed by atoms with van der Waals surface area (Å²) in [5.41, 5.74) is 1.43. The van der Waals surface area contributed by atoms with Gasteiger partial charge >= 0.3 is 0 Å². The highest BCUT2D eigenvalue weighted by Gasteiger charge is 2.32. The predicted molar refractivity (Wildman–Crippen MR) is 70.2 cm³/mol. The first-order chi connectivity index (χ1) is 8.67. The summed E-state index contributed by atoms with van der Waals surface area (Å²) >= 11 is 0. The van der Waals surface area contributed by atoms with Gasteiger partial charge in [0, 0.05) is 30.1 Å². The SMILES string of the molecule is COc1ccc(CNCC2(C)COC2)c(OC)c1. The van der Waals surface area contributed by atoms with Gasteiger partial charge in [0.2, 0.25) is 0 Å². The van der Waals surface area contributed by atoms with E-state index in [4.69, 9.17) is 14.2 Å². The second-order valence-corrected chi connectivity index (χ2v) is 5.08. The van der Waals surface area contributed by atoms with Crippen LogP contribution < -0.4 is 14.8 Å². The van der Waals surface area contributed by atoms with E-state index in [2.05, 4.69) is 12.2 Å². The summed E-state index contributed by atoms with van der Waals surface area (Å²) in [4.78, 5) is 0. The van der Waals surface area contributed by atoms with E-state index in [9.17, 15) is 0 Å². The highest BCUT2D eigenvalue weighted by atomic mass is 16.5. The first-order valence-corrected chi connectivity index (χ1v) is 6.16. The van der Waals surface area contributed by atoms with E-state index in [1.54, 1.807) is 14.2 Å². The Bertz CT molecular complexity index is 402. The molecule has 0 atom stereocenters. The lowest BCUT2D eigenvalue weighted by atomic mass is 9.89. The number of rotatable bonds is 6. The number of hydrogen-bond acceptors (Lipinski definition) is 4. The first-order valence-electron chi connectivity index (χ1n) is 6.16. The zero-order valence-corrected chi connectivity index (χ0v) is 11.3. The lowest BCUT2D eigenvalue weighted by Gasteiger charge is -2.38. The fourth-order valence-electron chi connectivity index (χ4n) is 2.05. The molecule has 1 saturated heterocycles. The highest BCUT2D eigenvalue weighted by molar-refractivity contribution is 5.40. The average Bonchev–Trinajstić information content (AvgIpc) is 2.37. The van der Waals surface area contributed by atoms with Crippen molar-refractivity contribution in [2.45, 2.75) is 13.5 Å². The molecule has 1 aromatic rings. The van der Waals surface area contributed by atoms with Gasteiger partial charge in [0.1, 0.15) is 11.5 Å². The molecule has 2 rings (SSSR count). The van der Waals surface area contributed by atoms with Crippen LogP contribution in [-0.4, -0.2) is 34.0 Å². The van der Waals surface area contributed by atoms with Crippen LogP contribution in [0.5, 0.6) is 11.5 Å². The van der Waals surface area contributed by atoms with Crippen LogP contribution >= 0.6 is 0 Å². The molecule has 4 nitrogen and oxygen atoms in total. The van der Waals surface area contributed by atoms with Gasteiger partial charge in [-0.2, -0.15) is 0 Å². The van der Waals surface area contributed by atoms with Crippen molar-refractivity contribution < 1.29 is 14.2 Å². The minimum Gasteiger partial charge on any atom is -0.497 e. The highest BCUT2D eigenvalue weighted by Crippen LogP contribution is 2.27. The maximum absolute atomic E-state index is 5.37. The van der Waals surface area contributed by atoms with Gasteiger partial charge in [0.25, 0.3) is 0 Å². The van der Waals surface area contributed by atoms with E-state index in [0.29, 0.717) is 5.41 Å². The monoisotopic (exact) mass is 251 g/mol. The fraction of sp³-hybridized carbons (Fsp3) is 0.571. The molecule has 1 fully saturated rings. The van der Waals surface area contributed by atoms with E-state index in [1.165, 1.54) is 0 Å². The van der Waals surface area contributed by atoms with Crippen molar-refractivity contribution in [2.24, 2.45) is 5.41 Å². The molecule has 0 saturated carbocycles. The van der Waals surface area contributed by atoms with Crippen molar-refractivity contribution in [2.75, 3.05) is 34.0 Å². The number of nitrogens with one attached hydrogen (secondary N) is 1. The maximum Gasteiger partial charge on any atom is 0.127 e. The van der Waals surface area contributed by atoms with Gasteiger partial charge in [-0.05, 0) is 6.07 Å². The van der Waals surface area contributed by atoms with Crippen molar-refractivity contribution in [1.29, 1.82) is 0 Å². The maximum atomic E-state index is 5.37. The molecule has 0 unspecified atom stereocenters. The molecule has 1 aliphatic heterocycles. The Labute approximate surface area is 108 Å². The summed E-state index contributed by atoms with van der Waals surface area (Å²) in [6.07, 6.45) is 0. The van der Waals surface area contributed by atoms with Crippen molar-refractivity contribution in [3.05, 3.63) is 23.8 Å². The smallest absolute Gasteiger partial charge is 0.127 e. The molecule has 0 spiro atoms. The largest absolute Gasteiger partial charge is 0.497 e. The van der Waals surface area contributed by atoms with E-state index in [0.717, 1.165) is 43.4 Å². The molecule has 0 amide bonds. The molecule has 1 N–H and O–H groups in total. The van der Waals surface area contributed by atoms with Gasteiger partial charge in [0.15, 0.2) is 0 Å². The normalized spacial score (nSPS) is 17.1. The molecule has 4 heteroatoms. The summed E-state index contributed by atoms with van der Waals surface area (Å²) in [7, 11) is 3.34. The van der Waals surface area contributed by atoms with Crippen molar-refractivity contribution in [3.63, 3.8) is 0 Å². The van der Waals surface area contributed by atoms with E-state index in [-0.39, 0.29) is 0 Å². The number of methoxy groups -OCH3 is 2. The van der Waals surface area contributed by atoms with Gasteiger partial charge in [-0.25, -0.2) is 0 Å². The van der Waals surface area contributed by atoms with Crippen LogP contribution in [0.1, 0.15) is 12.5 Å². The van der Waals surface area contributed by atoms with E-state index >= 15 is 0 Å². The standard InChI is InChI=1S/C14H21NO3/c1-14(9-18-10-14)8-15-7-11-4-5-12(16-2)6-13(11)17-3/h4-6,15H,7-10H2,1-3H3. The zero-order valence-electron chi connectivity index (χ0n) is 11.3. The van der Waals surface area contributed by atoms with Crippen LogP contribution in [0.15, 0.2) is 18.2 Å². The molecule has 18 heavy (non-hydrogen) atoms. The van der Waals surface area contributed by atoms with Gasteiger partial charge in [0.05, 0.1) is 27.4 Å². The molecule has 1 aliphatic rings. The molecular formula is C14H21NO3. The summed E-state index contributed by atoms with van der Waals surface area (Å²) < 4.78 is 15.8. The van der Waals surface area contributed by atoms with E-state index < -0.39 is 0 Å². The lowest BCUT2D eigenvalue weighted by molar-refractivity contribution is -0.0991. The zero-order chi connectivity index (χ0) is 13.0. The Balaban J connectivity index is 1.91. The molecule has 0 radical (unpaired) electrons. The van der Waals surface area contributed by atoms with E-state index in [1.807, 2.05) is 18.2 Å². The number of hydrogen-bond donors (Lipinski definition) is 1.